The maximum atomic E-state index is 12.2. The number of benzene rings is 2. The fourth-order valence-corrected chi connectivity index (χ4v) is 3.40. The van der Waals surface area contributed by atoms with Gasteiger partial charge in [0, 0.05) is 5.02 Å². The van der Waals surface area contributed by atoms with Crippen molar-refractivity contribution in [1.82, 2.24) is 14.8 Å². The molecule has 1 amide bonds. The van der Waals surface area contributed by atoms with E-state index in [4.69, 9.17) is 34.8 Å². The van der Waals surface area contributed by atoms with Gasteiger partial charge < -0.3 is 5.32 Å². The monoisotopic (exact) mass is 426 g/mol. The van der Waals surface area contributed by atoms with E-state index in [0.717, 1.165) is 11.3 Å². The number of nitrogens with zero attached hydrogens (tertiary/aromatic N) is 3. The number of hydrogen-bond acceptors (Lipinski definition) is 4. The second-order valence-corrected chi connectivity index (χ2v) is 7.49. The van der Waals surface area contributed by atoms with Crippen molar-refractivity contribution in [2.45, 2.75) is 12.1 Å². The smallest absolute Gasteiger partial charge is 0.234 e. The number of hydrogen-bond donors (Lipinski definition) is 1. The predicted octanol–water partition coefficient (Wildman–Crippen LogP) is 5.27. The molecule has 2 aromatic carbocycles. The second kappa shape index (κ2) is 8.31. The Labute approximate surface area is 169 Å². The quantitative estimate of drug-likeness (QED) is 0.564. The molecule has 134 valence electrons. The Balaban J connectivity index is 1.69. The van der Waals surface area contributed by atoms with Crippen molar-refractivity contribution in [2.75, 3.05) is 11.1 Å². The van der Waals surface area contributed by atoms with Gasteiger partial charge in [0.2, 0.25) is 5.91 Å². The van der Waals surface area contributed by atoms with Crippen molar-refractivity contribution >= 4 is 58.2 Å². The molecule has 3 rings (SSSR count). The molecule has 0 radical (unpaired) electrons. The highest BCUT2D eigenvalue weighted by atomic mass is 35.5. The second-order valence-electron chi connectivity index (χ2n) is 5.36. The fraction of sp³-hybridized carbons (Fsp3) is 0.118. The van der Waals surface area contributed by atoms with Crippen LogP contribution in [0.1, 0.15) is 5.56 Å². The highest BCUT2D eigenvalue weighted by Crippen LogP contribution is 2.30. The van der Waals surface area contributed by atoms with Crippen LogP contribution in [0.2, 0.25) is 15.1 Å². The molecule has 0 aliphatic carbocycles. The molecule has 0 spiro atoms. The maximum Gasteiger partial charge on any atom is 0.234 e. The van der Waals surface area contributed by atoms with Crippen LogP contribution in [-0.4, -0.2) is 26.4 Å². The molecular formula is C17H13Cl3N4OS. The lowest BCUT2D eigenvalue weighted by Gasteiger charge is -2.09. The number of carbonyl (C=O) groups excluding carboxylic acids is 1. The number of rotatable bonds is 5. The minimum absolute atomic E-state index is 0.140. The number of anilines is 1. The maximum absolute atomic E-state index is 12.2. The molecule has 1 heterocycles. The first-order valence-electron chi connectivity index (χ1n) is 7.49. The van der Waals surface area contributed by atoms with E-state index in [2.05, 4.69) is 15.5 Å². The summed E-state index contributed by atoms with van der Waals surface area (Å²) in [6, 6.07) is 10.7. The van der Waals surface area contributed by atoms with Crippen LogP contribution in [0.25, 0.3) is 5.69 Å². The highest BCUT2D eigenvalue weighted by molar-refractivity contribution is 7.99. The third-order valence-electron chi connectivity index (χ3n) is 3.51. The highest BCUT2D eigenvalue weighted by Gasteiger charge is 2.13. The summed E-state index contributed by atoms with van der Waals surface area (Å²) >= 11 is 19.5. The molecule has 0 fully saturated rings. The molecule has 0 saturated carbocycles. The summed E-state index contributed by atoms with van der Waals surface area (Å²) in [6.07, 6.45) is 1.58. The van der Waals surface area contributed by atoms with Crippen LogP contribution in [0.15, 0.2) is 47.9 Å². The van der Waals surface area contributed by atoms with Crippen LogP contribution in [-0.2, 0) is 4.79 Å². The average molecular weight is 428 g/mol. The zero-order chi connectivity index (χ0) is 18.7. The number of aryl methyl sites for hydroxylation is 1. The largest absolute Gasteiger partial charge is 0.324 e. The van der Waals surface area contributed by atoms with E-state index in [0.29, 0.717) is 25.9 Å². The Hall–Kier alpha value is -1.73. The molecule has 0 aliphatic heterocycles. The lowest BCUT2D eigenvalue weighted by atomic mass is 10.2. The summed E-state index contributed by atoms with van der Waals surface area (Å²) in [5.74, 6) is -0.0862. The van der Waals surface area contributed by atoms with Crippen molar-refractivity contribution < 1.29 is 4.79 Å². The van der Waals surface area contributed by atoms with Gasteiger partial charge in [0.05, 0.1) is 27.2 Å². The Morgan fingerprint density at radius 1 is 1.19 bits per heavy atom. The summed E-state index contributed by atoms with van der Waals surface area (Å²) in [4.78, 5) is 12.2. The lowest BCUT2D eigenvalue weighted by Crippen LogP contribution is -2.14. The standard InChI is InChI=1S/C17H13Cl3N4OS/c1-10-5-6-11(7-13(10)19)24-9-21-23-17(24)26-8-15(25)22-14-4-2-3-12(18)16(14)20/h2-7,9H,8H2,1H3,(H,22,25). The first-order valence-corrected chi connectivity index (χ1v) is 9.61. The molecule has 26 heavy (non-hydrogen) atoms. The number of nitrogens with one attached hydrogen (secondary N) is 1. The molecule has 0 unspecified atom stereocenters. The molecule has 3 aromatic rings. The minimum atomic E-state index is -0.226. The predicted molar refractivity (Wildman–Crippen MR) is 107 cm³/mol. The third kappa shape index (κ3) is 4.32. The molecule has 9 heteroatoms. The summed E-state index contributed by atoms with van der Waals surface area (Å²) in [7, 11) is 0. The molecular weight excluding hydrogens is 415 g/mol. The number of halogens is 3. The van der Waals surface area contributed by atoms with Crippen molar-refractivity contribution in [3.05, 3.63) is 63.4 Å². The van der Waals surface area contributed by atoms with E-state index >= 15 is 0 Å². The Morgan fingerprint density at radius 3 is 2.77 bits per heavy atom. The van der Waals surface area contributed by atoms with Crippen molar-refractivity contribution in [3.8, 4) is 5.69 Å². The van der Waals surface area contributed by atoms with Crippen molar-refractivity contribution in [2.24, 2.45) is 0 Å². The normalized spacial score (nSPS) is 10.8. The Bertz CT molecular complexity index is 961. The summed E-state index contributed by atoms with van der Waals surface area (Å²) in [6.45, 7) is 1.93. The molecule has 0 bridgehead atoms. The van der Waals surface area contributed by atoms with E-state index < -0.39 is 0 Å². The molecule has 0 saturated heterocycles. The van der Waals surface area contributed by atoms with E-state index in [1.165, 1.54) is 11.8 Å². The molecule has 0 aliphatic rings. The van der Waals surface area contributed by atoms with Crippen LogP contribution in [0.3, 0.4) is 0 Å². The summed E-state index contributed by atoms with van der Waals surface area (Å²) in [5.41, 5.74) is 2.28. The summed E-state index contributed by atoms with van der Waals surface area (Å²) < 4.78 is 1.77. The first kappa shape index (κ1) is 19.0. The zero-order valence-corrected chi connectivity index (χ0v) is 16.6. The van der Waals surface area contributed by atoms with Crippen LogP contribution >= 0.6 is 46.6 Å². The van der Waals surface area contributed by atoms with Crippen molar-refractivity contribution in [3.63, 3.8) is 0 Å². The van der Waals surface area contributed by atoms with E-state index in [9.17, 15) is 4.79 Å². The SMILES string of the molecule is Cc1ccc(-n2cnnc2SCC(=O)Nc2cccc(Cl)c2Cl)cc1Cl. The lowest BCUT2D eigenvalue weighted by molar-refractivity contribution is -0.113. The zero-order valence-electron chi connectivity index (χ0n) is 13.5. The first-order chi connectivity index (χ1) is 12.5. The molecule has 1 aromatic heterocycles. The number of amides is 1. The van der Waals surface area contributed by atoms with E-state index in [-0.39, 0.29) is 11.7 Å². The van der Waals surface area contributed by atoms with E-state index in [1.807, 2.05) is 25.1 Å². The summed E-state index contributed by atoms with van der Waals surface area (Å²) in [5, 5.41) is 12.6. The van der Waals surface area contributed by atoms with Gasteiger partial charge in [0.25, 0.3) is 0 Å². The molecule has 5 nitrogen and oxygen atoms in total. The van der Waals surface area contributed by atoms with Gasteiger partial charge in [-0.25, -0.2) is 0 Å². The number of carbonyl (C=O) groups is 1. The van der Waals surface area contributed by atoms with Gasteiger partial charge in [-0.15, -0.1) is 10.2 Å². The number of thioether (sulfide) groups is 1. The van der Waals surface area contributed by atoms with Crippen LogP contribution in [0, 0.1) is 6.92 Å². The minimum Gasteiger partial charge on any atom is -0.324 e. The Morgan fingerprint density at radius 2 is 2.00 bits per heavy atom. The van der Waals surface area contributed by atoms with Gasteiger partial charge >= 0.3 is 0 Å². The van der Waals surface area contributed by atoms with Crippen LogP contribution in [0.4, 0.5) is 5.69 Å². The number of aromatic nitrogens is 3. The van der Waals surface area contributed by atoms with Gasteiger partial charge in [0.1, 0.15) is 6.33 Å². The van der Waals surface area contributed by atoms with Gasteiger partial charge in [0.15, 0.2) is 5.16 Å². The molecule has 0 atom stereocenters. The van der Waals surface area contributed by atoms with Crippen LogP contribution in [0.5, 0.6) is 0 Å². The van der Waals surface area contributed by atoms with Crippen molar-refractivity contribution in [1.29, 1.82) is 0 Å². The van der Waals surface area contributed by atoms with Gasteiger partial charge in [-0.2, -0.15) is 0 Å². The van der Waals surface area contributed by atoms with E-state index in [1.54, 1.807) is 29.1 Å². The average Bonchev–Trinajstić information content (AvgIpc) is 3.08. The molecule has 1 N–H and O–H groups in total. The topological polar surface area (TPSA) is 59.8 Å². The van der Waals surface area contributed by atoms with Gasteiger partial charge in [-0.3, -0.25) is 9.36 Å². The van der Waals surface area contributed by atoms with Gasteiger partial charge in [-0.1, -0.05) is 58.7 Å². The fourth-order valence-electron chi connectivity index (χ4n) is 2.15. The van der Waals surface area contributed by atoms with Gasteiger partial charge in [-0.05, 0) is 36.8 Å². The third-order valence-corrected chi connectivity index (χ3v) is 5.68. The van der Waals surface area contributed by atoms with Crippen LogP contribution < -0.4 is 5.32 Å². The Kier molecular flexibility index (Phi) is 6.09.